The van der Waals surface area contributed by atoms with Gasteiger partial charge in [0.1, 0.15) is 18.0 Å². The van der Waals surface area contributed by atoms with Crippen molar-refractivity contribution in [3.63, 3.8) is 0 Å². The molecule has 1 aromatic heterocycles. The molecule has 0 bridgehead atoms. The number of aliphatic hydroxyl groups excluding tert-OH is 1. The molecule has 1 saturated carbocycles. The van der Waals surface area contributed by atoms with E-state index in [9.17, 15) is 5.11 Å². The van der Waals surface area contributed by atoms with Crippen molar-refractivity contribution in [2.24, 2.45) is 0 Å². The quantitative estimate of drug-likeness (QED) is 0.802. The molecule has 0 atom stereocenters. The van der Waals surface area contributed by atoms with E-state index in [4.69, 9.17) is 0 Å². The van der Waals surface area contributed by atoms with E-state index in [1.54, 1.807) is 6.33 Å². The highest BCUT2D eigenvalue weighted by Crippen LogP contribution is 2.31. The van der Waals surface area contributed by atoms with Gasteiger partial charge in [0, 0.05) is 24.7 Å². The van der Waals surface area contributed by atoms with Crippen LogP contribution in [0, 0.1) is 6.92 Å². The highest BCUT2D eigenvalue weighted by atomic mass is 16.3. The lowest BCUT2D eigenvalue weighted by Gasteiger charge is -2.38. The van der Waals surface area contributed by atoms with Crippen molar-refractivity contribution >= 4 is 11.6 Å². The van der Waals surface area contributed by atoms with Crippen LogP contribution < -0.4 is 10.2 Å². The van der Waals surface area contributed by atoms with Gasteiger partial charge in [0.25, 0.3) is 0 Å². The van der Waals surface area contributed by atoms with E-state index in [0.29, 0.717) is 12.6 Å². The summed E-state index contributed by atoms with van der Waals surface area (Å²) in [6.45, 7) is 5.75. The van der Waals surface area contributed by atoms with Crippen molar-refractivity contribution in [1.82, 2.24) is 9.97 Å². The van der Waals surface area contributed by atoms with Gasteiger partial charge in [-0.1, -0.05) is 0 Å². The summed E-state index contributed by atoms with van der Waals surface area (Å²) in [5.74, 6) is 1.85. The lowest BCUT2D eigenvalue weighted by atomic mass is 9.91. The molecule has 2 rings (SSSR count). The first-order chi connectivity index (χ1) is 8.77. The van der Waals surface area contributed by atoms with Crippen LogP contribution in [0.15, 0.2) is 6.33 Å². The average Bonchev–Trinajstić information content (AvgIpc) is 2.29. The van der Waals surface area contributed by atoms with Gasteiger partial charge >= 0.3 is 0 Å². The van der Waals surface area contributed by atoms with E-state index < -0.39 is 0 Å². The fourth-order valence-corrected chi connectivity index (χ4v) is 2.34. The second kappa shape index (κ2) is 6.00. The predicted molar refractivity (Wildman–Crippen MR) is 73.0 cm³/mol. The molecule has 1 aromatic rings. The molecular formula is C13H22N4O. The molecule has 1 fully saturated rings. The van der Waals surface area contributed by atoms with Gasteiger partial charge in [-0.3, -0.25) is 0 Å². The van der Waals surface area contributed by atoms with Crippen LogP contribution in [0.3, 0.4) is 0 Å². The first kappa shape index (κ1) is 13.1. The molecular weight excluding hydrogens is 228 g/mol. The number of rotatable bonds is 6. The summed E-state index contributed by atoms with van der Waals surface area (Å²) >= 11 is 0. The Labute approximate surface area is 108 Å². The highest BCUT2D eigenvalue weighted by molar-refractivity contribution is 5.58. The summed E-state index contributed by atoms with van der Waals surface area (Å²) in [5.41, 5.74) is 1.07. The number of hydrogen-bond acceptors (Lipinski definition) is 5. The molecule has 5 nitrogen and oxygen atoms in total. The Bertz CT molecular complexity index is 393. The maximum absolute atomic E-state index is 9.23. The zero-order valence-corrected chi connectivity index (χ0v) is 11.2. The molecule has 0 amide bonds. The fourth-order valence-electron chi connectivity index (χ4n) is 2.34. The van der Waals surface area contributed by atoms with Crippen molar-refractivity contribution in [3.05, 3.63) is 11.9 Å². The molecule has 100 valence electrons. The molecule has 0 aromatic carbocycles. The van der Waals surface area contributed by atoms with Crippen LogP contribution in [0.4, 0.5) is 11.6 Å². The van der Waals surface area contributed by atoms with E-state index in [1.807, 2.05) is 6.92 Å². The minimum Gasteiger partial charge on any atom is -0.395 e. The van der Waals surface area contributed by atoms with Crippen molar-refractivity contribution in [1.29, 1.82) is 0 Å². The second-order valence-electron chi connectivity index (χ2n) is 4.70. The Hall–Kier alpha value is -1.36. The minimum atomic E-state index is 0.163. The smallest absolute Gasteiger partial charge is 0.137 e. The van der Waals surface area contributed by atoms with Crippen molar-refractivity contribution in [2.75, 3.05) is 29.9 Å². The fraction of sp³-hybridized carbons (Fsp3) is 0.692. The third-order valence-electron chi connectivity index (χ3n) is 3.53. The van der Waals surface area contributed by atoms with Gasteiger partial charge in [-0.15, -0.1) is 0 Å². The highest BCUT2D eigenvalue weighted by Gasteiger charge is 2.27. The Morgan fingerprint density at radius 1 is 1.44 bits per heavy atom. The normalized spacial score (nSPS) is 15.3. The summed E-state index contributed by atoms with van der Waals surface area (Å²) in [6.07, 6.45) is 5.26. The van der Waals surface area contributed by atoms with Crippen LogP contribution in [0.1, 0.15) is 31.7 Å². The lowest BCUT2D eigenvalue weighted by molar-refractivity contribution is 0.283. The number of nitrogens with zero attached hydrogens (tertiary/aromatic N) is 3. The molecule has 0 saturated heterocycles. The third-order valence-corrected chi connectivity index (χ3v) is 3.53. The Kier molecular flexibility index (Phi) is 4.36. The number of nitrogens with one attached hydrogen (secondary N) is 1. The summed E-state index contributed by atoms with van der Waals surface area (Å²) in [7, 11) is 0. The molecule has 18 heavy (non-hydrogen) atoms. The SMILES string of the molecule is CCNc1ncnc(N(CCO)C2CCC2)c1C. The van der Waals surface area contributed by atoms with Crippen LogP contribution in [-0.2, 0) is 0 Å². The number of hydrogen-bond donors (Lipinski definition) is 2. The molecule has 0 aliphatic heterocycles. The number of aromatic nitrogens is 2. The van der Waals surface area contributed by atoms with Crippen LogP contribution >= 0.6 is 0 Å². The van der Waals surface area contributed by atoms with Crippen LogP contribution in [0.2, 0.25) is 0 Å². The molecule has 1 aliphatic carbocycles. The van der Waals surface area contributed by atoms with Gasteiger partial charge in [0.05, 0.1) is 6.61 Å². The summed E-state index contributed by atoms with van der Waals surface area (Å²) in [6, 6.07) is 0.528. The zero-order chi connectivity index (χ0) is 13.0. The predicted octanol–water partition coefficient (Wildman–Crippen LogP) is 1.57. The van der Waals surface area contributed by atoms with Gasteiger partial charge in [-0.2, -0.15) is 0 Å². The first-order valence-electron chi connectivity index (χ1n) is 6.71. The Morgan fingerprint density at radius 2 is 2.22 bits per heavy atom. The number of aliphatic hydroxyl groups is 1. The molecule has 2 N–H and O–H groups in total. The monoisotopic (exact) mass is 250 g/mol. The molecule has 1 aliphatic rings. The maximum Gasteiger partial charge on any atom is 0.137 e. The molecule has 0 radical (unpaired) electrons. The van der Waals surface area contributed by atoms with Crippen molar-refractivity contribution in [2.45, 2.75) is 39.2 Å². The molecule has 5 heteroatoms. The van der Waals surface area contributed by atoms with Gasteiger partial charge in [-0.05, 0) is 33.1 Å². The first-order valence-corrected chi connectivity index (χ1v) is 6.71. The molecule has 1 heterocycles. The van der Waals surface area contributed by atoms with E-state index in [2.05, 4.69) is 27.1 Å². The van der Waals surface area contributed by atoms with E-state index in [0.717, 1.165) is 23.7 Å². The summed E-state index contributed by atoms with van der Waals surface area (Å²) in [4.78, 5) is 10.9. The largest absolute Gasteiger partial charge is 0.395 e. The van der Waals surface area contributed by atoms with Gasteiger partial charge in [0.15, 0.2) is 0 Å². The summed E-state index contributed by atoms with van der Waals surface area (Å²) < 4.78 is 0. The third kappa shape index (κ3) is 2.56. The van der Waals surface area contributed by atoms with Crippen LogP contribution in [-0.4, -0.2) is 40.8 Å². The summed E-state index contributed by atoms with van der Waals surface area (Å²) in [5, 5.41) is 12.5. The van der Waals surface area contributed by atoms with Crippen LogP contribution in [0.25, 0.3) is 0 Å². The maximum atomic E-state index is 9.23. The van der Waals surface area contributed by atoms with E-state index in [-0.39, 0.29) is 6.61 Å². The van der Waals surface area contributed by atoms with Crippen molar-refractivity contribution in [3.8, 4) is 0 Å². The molecule has 0 unspecified atom stereocenters. The van der Waals surface area contributed by atoms with Gasteiger partial charge in [-0.25, -0.2) is 9.97 Å². The molecule has 0 spiro atoms. The average molecular weight is 250 g/mol. The van der Waals surface area contributed by atoms with E-state index >= 15 is 0 Å². The second-order valence-corrected chi connectivity index (χ2v) is 4.70. The Morgan fingerprint density at radius 3 is 2.78 bits per heavy atom. The lowest BCUT2D eigenvalue weighted by Crippen LogP contribution is -2.43. The van der Waals surface area contributed by atoms with E-state index in [1.165, 1.54) is 19.3 Å². The Balaban J connectivity index is 2.25. The van der Waals surface area contributed by atoms with Crippen LogP contribution in [0.5, 0.6) is 0 Å². The van der Waals surface area contributed by atoms with Gasteiger partial charge < -0.3 is 15.3 Å². The van der Waals surface area contributed by atoms with Crippen molar-refractivity contribution < 1.29 is 5.11 Å². The topological polar surface area (TPSA) is 61.3 Å². The standard InChI is InChI=1S/C13H22N4O/c1-3-14-12-10(2)13(16-9-15-12)17(7-8-18)11-5-4-6-11/h9,11,18H,3-8H2,1-2H3,(H,14,15,16). The van der Waals surface area contributed by atoms with Gasteiger partial charge in [0.2, 0.25) is 0 Å². The zero-order valence-electron chi connectivity index (χ0n) is 11.2. The number of anilines is 2. The minimum absolute atomic E-state index is 0.163.